The van der Waals surface area contributed by atoms with Crippen LogP contribution in [0.1, 0.15) is 42.3 Å². The van der Waals surface area contributed by atoms with Gasteiger partial charge in [0.25, 0.3) is 5.91 Å². The number of carbonyl (C=O) groups is 2. The molecule has 3 rings (SSSR count). The van der Waals surface area contributed by atoms with E-state index < -0.39 is 11.9 Å². The van der Waals surface area contributed by atoms with Gasteiger partial charge < -0.3 is 14.4 Å². The van der Waals surface area contributed by atoms with Gasteiger partial charge in [0, 0.05) is 18.5 Å². The highest BCUT2D eigenvalue weighted by molar-refractivity contribution is 5.96. The fourth-order valence-corrected chi connectivity index (χ4v) is 3.51. The first kappa shape index (κ1) is 12.3. The maximum absolute atomic E-state index is 12.6. The second kappa shape index (κ2) is 4.40. The van der Waals surface area contributed by atoms with E-state index in [0.29, 0.717) is 24.2 Å². The lowest BCUT2D eigenvalue weighted by molar-refractivity contribution is -0.142. The van der Waals surface area contributed by atoms with E-state index in [1.807, 2.05) is 6.92 Å². The number of carbonyl (C=O) groups excluding carboxylic acids is 1. The molecular weight excluding hydrogens is 246 g/mol. The molecule has 0 radical (unpaired) electrons. The Morgan fingerprint density at radius 2 is 2.26 bits per heavy atom. The number of furan rings is 1. The molecule has 0 spiro atoms. The maximum Gasteiger partial charge on any atom is 0.308 e. The van der Waals surface area contributed by atoms with E-state index in [1.54, 1.807) is 11.0 Å². The minimum atomic E-state index is -0.784. The highest BCUT2D eigenvalue weighted by Gasteiger charge is 2.51. The predicted molar refractivity (Wildman–Crippen MR) is 66.8 cm³/mol. The zero-order valence-electron chi connectivity index (χ0n) is 10.8. The second-order valence-corrected chi connectivity index (χ2v) is 5.30. The summed E-state index contributed by atoms with van der Waals surface area (Å²) in [5.41, 5.74) is 0.588. The summed E-state index contributed by atoms with van der Waals surface area (Å²) in [4.78, 5) is 25.6. The number of fused-ring (bicyclic) bond motifs is 2. The smallest absolute Gasteiger partial charge is 0.308 e. The normalized spacial score (nSPS) is 28.9. The van der Waals surface area contributed by atoms with Crippen LogP contribution in [0.15, 0.2) is 16.7 Å². The first-order chi connectivity index (χ1) is 9.13. The van der Waals surface area contributed by atoms with Crippen LogP contribution < -0.4 is 0 Å². The minimum absolute atomic E-state index is 0.0677. The third-order valence-electron chi connectivity index (χ3n) is 4.39. The molecule has 2 aliphatic heterocycles. The van der Waals surface area contributed by atoms with Crippen molar-refractivity contribution in [2.24, 2.45) is 5.92 Å². The molecule has 19 heavy (non-hydrogen) atoms. The van der Waals surface area contributed by atoms with E-state index in [4.69, 9.17) is 4.42 Å². The summed E-state index contributed by atoms with van der Waals surface area (Å²) in [6, 6.07) is 1.63. The summed E-state index contributed by atoms with van der Waals surface area (Å²) in [6.45, 7) is 1.94. The van der Waals surface area contributed by atoms with Crippen LogP contribution in [0.25, 0.3) is 0 Å². The minimum Gasteiger partial charge on any atom is -0.481 e. The van der Waals surface area contributed by atoms with Crippen LogP contribution in [-0.2, 0) is 11.2 Å². The van der Waals surface area contributed by atoms with Crippen molar-refractivity contribution in [3.05, 3.63) is 23.7 Å². The number of aliphatic carboxylic acids is 1. The monoisotopic (exact) mass is 263 g/mol. The molecule has 2 aliphatic rings. The van der Waals surface area contributed by atoms with Crippen molar-refractivity contribution in [3.63, 3.8) is 0 Å². The summed E-state index contributed by atoms with van der Waals surface area (Å²) < 4.78 is 5.30. The molecule has 5 nitrogen and oxygen atoms in total. The summed E-state index contributed by atoms with van der Waals surface area (Å²) in [7, 11) is 0. The van der Waals surface area contributed by atoms with Gasteiger partial charge in [0.2, 0.25) is 0 Å². The molecule has 3 atom stereocenters. The Morgan fingerprint density at radius 3 is 2.89 bits per heavy atom. The molecule has 2 fully saturated rings. The zero-order chi connectivity index (χ0) is 13.6. The average Bonchev–Trinajstić information content (AvgIpc) is 3.11. The Labute approximate surface area is 111 Å². The molecule has 3 unspecified atom stereocenters. The summed E-state index contributed by atoms with van der Waals surface area (Å²) in [5.74, 6) is -0.572. The average molecular weight is 263 g/mol. The number of hydrogen-bond donors (Lipinski definition) is 1. The van der Waals surface area contributed by atoms with Gasteiger partial charge >= 0.3 is 5.97 Å². The lowest BCUT2D eigenvalue weighted by atomic mass is 9.89. The molecule has 1 N–H and O–H groups in total. The number of nitrogens with zero attached hydrogens (tertiary/aromatic N) is 1. The third-order valence-corrected chi connectivity index (χ3v) is 4.39. The van der Waals surface area contributed by atoms with Gasteiger partial charge in [-0.2, -0.15) is 0 Å². The van der Waals surface area contributed by atoms with Crippen LogP contribution in [0, 0.1) is 5.92 Å². The molecule has 2 bridgehead atoms. The molecule has 102 valence electrons. The second-order valence-electron chi connectivity index (χ2n) is 5.30. The highest BCUT2D eigenvalue weighted by Crippen LogP contribution is 2.42. The summed E-state index contributed by atoms with van der Waals surface area (Å²) in [6.07, 6.45) is 4.50. The molecule has 1 amide bonds. The maximum atomic E-state index is 12.6. The van der Waals surface area contributed by atoms with Crippen LogP contribution in [-0.4, -0.2) is 34.0 Å². The SMILES string of the molecule is CCc1occc1C(=O)N1C2CCC1C(C(=O)O)C2. The van der Waals surface area contributed by atoms with E-state index in [1.165, 1.54) is 6.26 Å². The number of carboxylic acids is 1. The number of carboxylic acid groups (broad SMARTS) is 1. The summed E-state index contributed by atoms with van der Waals surface area (Å²) >= 11 is 0. The Bertz CT molecular complexity index is 521. The molecule has 0 saturated carbocycles. The Morgan fingerprint density at radius 1 is 1.47 bits per heavy atom. The van der Waals surface area contributed by atoms with Crippen molar-refractivity contribution < 1.29 is 19.1 Å². The molecule has 0 aromatic carbocycles. The fraction of sp³-hybridized carbons (Fsp3) is 0.571. The van der Waals surface area contributed by atoms with E-state index in [2.05, 4.69) is 0 Å². The van der Waals surface area contributed by atoms with Gasteiger partial charge in [-0.05, 0) is 25.3 Å². The van der Waals surface area contributed by atoms with Crippen molar-refractivity contribution in [1.82, 2.24) is 4.90 Å². The lowest BCUT2D eigenvalue weighted by Gasteiger charge is -2.22. The van der Waals surface area contributed by atoms with E-state index in [0.717, 1.165) is 12.8 Å². The lowest BCUT2D eigenvalue weighted by Crippen LogP contribution is -2.38. The molecule has 2 saturated heterocycles. The molecule has 1 aromatic rings. The van der Waals surface area contributed by atoms with Crippen LogP contribution >= 0.6 is 0 Å². The topological polar surface area (TPSA) is 70.8 Å². The van der Waals surface area contributed by atoms with Crippen molar-refractivity contribution in [1.29, 1.82) is 0 Å². The van der Waals surface area contributed by atoms with Crippen molar-refractivity contribution in [3.8, 4) is 0 Å². The van der Waals surface area contributed by atoms with Crippen molar-refractivity contribution >= 4 is 11.9 Å². The zero-order valence-corrected chi connectivity index (χ0v) is 10.8. The van der Waals surface area contributed by atoms with Gasteiger partial charge in [-0.3, -0.25) is 9.59 Å². The van der Waals surface area contributed by atoms with Gasteiger partial charge in [0.15, 0.2) is 0 Å². The molecule has 0 aliphatic carbocycles. The van der Waals surface area contributed by atoms with E-state index >= 15 is 0 Å². The molecule has 5 heteroatoms. The van der Waals surface area contributed by atoms with Gasteiger partial charge in [-0.1, -0.05) is 6.92 Å². The van der Waals surface area contributed by atoms with Gasteiger partial charge in [-0.25, -0.2) is 0 Å². The van der Waals surface area contributed by atoms with Gasteiger partial charge in [0.1, 0.15) is 5.76 Å². The van der Waals surface area contributed by atoms with Crippen LogP contribution in [0.2, 0.25) is 0 Å². The highest BCUT2D eigenvalue weighted by atomic mass is 16.4. The number of aryl methyl sites for hydroxylation is 1. The van der Waals surface area contributed by atoms with Crippen LogP contribution in [0.5, 0.6) is 0 Å². The van der Waals surface area contributed by atoms with Gasteiger partial charge in [-0.15, -0.1) is 0 Å². The van der Waals surface area contributed by atoms with Crippen molar-refractivity contribution in [2.45, 2.75) is 44.7 Å². The largest absolute Gasteiger partial charge is 0.481 e. The quantitative estimate of drug-likeness (QED) is 0.904. The van der Waals surface area contributed by atoms with E-state index in [-0.39, 0.29) is 18.0 Å². The Hall–Kier alpha value is -1.78. The standard InChI is InChI=1S/C14H17NO4/c1-2-12-9(5-6-19-12)13(16)15-8-3-4-11(15)10(7-8)14(17)18/h5-6,8,10-11H,2-4,7H2,1H3,(H,17,18). The Kier molecular flexibility index (Phi) is 2.84. The molecule has 3 heterocycles. The summed E-state index contributed by atoms with van der Waals surface area (Å²) in [5, 5.41) is 9.21. The first-order valence-electron chi connectivity index (χ1n) is 6.75. The number of amides is 1. The van der Waals surface area contributed by atoms with E-state index in [9.17, 15) is 14.7 Å². The third kappa shape index (κ3) is 1.76. The van der Waals surface area contributed by atoms with Gasteiger partial charge in [0.05, 0.1) is 17.7 Å². The number of hydrogen-bond acceptors (Lipinski definition) is 3. The number of rotatable bonds is 3. The molecule has 1 aromatic heterocycles. The van der Waals surface area contributed by atoms with Crippen LogP contribution in [0.4, 0.5) is 0 Å². The predicted octanol–water partition coefficient (Wildman–Crippen LogP) is 1.92. The van der Waals surface area contributed by atoms with Crippen molar-refractivity contribution in [2.75, 3.05) is 0 Å². The Balaban J connectivity index is 1.87. The fourth-order valence-electron chi connectivity index (χ4n) is 3.51. The molecular formula is C14H17NO4. The first-order valence-corrected chi connectivity index (χ1v) is 6.75. The van der Waals surface area contributed by atoms with Crippen LogP contribution in [0.3, 0.4) is 0 Å².